The van der Waals surface area contributed by atoms with Crippen molar-refractivity contribution in [3.8, 4) is 0 Å². The van der Waals surface area contributed by atoms with Crippen LogP contribution in [0.4, 0.5) is 5.69 Å². The molecule has 7 nitrogen and oxygen atoms in total. The van der Waals surface area contributed by atoms with Crippen LogP contribution < -0.4 is 4.80 Å². The first-order valence-electron chi connectivity index (χ1n) is 7.95. The number of nitro benzene ring substituents is 1. The van der Waals surface area contributed by atoms with Crippen LogP contribution >= 0.6 is 11.3 Å². The molecule has 1 aromatic heterocycles. The minimum atomic E-state index is -0.418. The normalized spacial score (nSPS) is 16.1. The van der Waals surface area contributed by atoms with Crippen molar-refractivity contribution in [3.05, 3.63) is 33.1 Å². The van der Waals surface area contributed by atoms with Crippen LogP contribution in [0.1, 0.15) is 25.7 Å². The number of carbonyl (C=O) groups is 1. The molecule has 0 saturated heterocycles. The highest BCUT2D eigenvalue weighted by atomic mass is 32.1. The Labute approximate surface area is 142 Å². The molecule has 0 unspecified atom stereocenters. The van der Waals surface area contributed by atoms with Crippen molar-refractivity contribution in [1.29, 1.82) is 0 Å². The summed E-state index contributed by atoms with van der Waals surface area (Å²) in [7, 11) is 1.61. The zero-order valence-electron chi connectivity index (χ0n) is 13.4. The summed E-state index contributed by atoms with van der Waals surface area (Å²) >= 11 is 1.31. The lowest BCUT2D eigenvalue weighted by Crippen LogP contribution is -2.21. The van der Waals surface area contributed by atoms with Crippen molar-refractivity contribution in [2.24, 2.45) is 10.9 Å². The Bertz CT molecular complexity index is 833. The number of thiazole rings is 1. The number of benzene rings is 1. The minimum absolute atomic E-state index is 0.0143. The molecule has 0 radical (unpaired) electrons. The van der Waals surface area contributed by atoms with Gasteiger partial charge in [-0.2, -0.15) is 4.99 Å². The molecule has 0 bridgehead atoms. The highest BCUT2D eigenvalue weighted by Gasteiger charge is 2.22. The van der Waals surface area contributed by atoms with Gasteiger partial charge in [0.25, 0.3) is 11.6 Å². The van der Waals surface area contributed by atoms with Gasteiger partial charge in [0.05, 0.1) is 21.7 Å². The van der Waals surface area contributed by atoms with Crippen molar-refractivity contribution in [1.82, 2.24) is 4.57 Å². The van der Waals surface area contributed by atoms with Gasteiger partial charge in [0.1, 0.15) is 0 Å². The topological polar surface area (TPSA) is 86.7 Å². The fourth-order valence-electron chi connectivity index (χ4n) is 3.02. The van der Waals surface area contributed by atoms with E-state index in [0.29, 0.717) is 18.0 Å². The molecule has 1 fully saturated rings. The Morgan fingerprint density at radius 2 is 2.21 bits per heavy atom. The Kier molecular flexibility index (Phi) is 5.06. The van der Waals surface area contributed by atoms with E-state index in [2.05, 4.69) is 4.99 Å². The molecule has 1 aromatic carbocycles. The SMILES string of the molecule is COCCn1c(=NC(=O)C2CCCC2)sc2cc([N+](=O)[O-])ccc21. The molecule has 8 heteroatoms. The molecule has 1 aliphatic carbocycles. The third kappa shape index (κ3) is 3.39. The van der Waals surface area contributed by atoms with E-state index in [1.165, 1.54) is 23.5 Å². The van der Waals surface area contributed by atoms with Gasteiger partial charge in [-0.05, 0) is 18.9 Å². The zero-order valence-corrected chi connectivity index (χ0v) is 14.3. The fourth-order valence-corrected chi connectivity index (χ4v) is 4.11. The van der Waals surface area contributed by atoms with Gasteiger partial charge in [-0.1, -0.05) is 24.2 Å². The first kappa shape index (κ1) is 16.8. The van der Waals surface area contributed by atoms with Crippen LogP contribution in [-0.2, 0) is 16.1 Å². The third-order valence-corrected chi connectivity index (χ3v) is 5.35. The standard InChI is InChI=1S/C16H19N3O4S/c1-23-9-8-18-13-7-6-12(19(21)22)10-14(13)24-16(18)17-15(20)11-4-2-3-5-11/h6-7,10-11H,2-5,8-9H2,1H3. The fraction of sp³-hybridized carbons (Fsp3) is 0.500. The van der Waals surface area contributed by atoms with Crippen LogP contribution in [0.5, 0.6) is 0 Å². The van der Waals surface area contributed by atoms with Gasteiger partial charge in [0.2, 0.25) is 0 Å². The van der Waals surface area contributed by atoms with Gasteiger partial charge in [-0.15, -0.1) is 0 Å². The molecule has 1 amide bonds. The number of hydrogen-bond donors (Lipinski definition) is 0. The van der Waals surface area contributed by atoms with Crippen LogP contribution in [-0.4, -0.2) is 29.1 Å². The number of non-ortho nitro benzene ring substituents is 1. The molecule has 0 spiro atoms. The summed E-state index contributed by atoms with van der Waals surface area (Å²) in [5.74, 6) is -0.0693. The Balaban J connectivity index is 2.06. The van der Waals surface area contributed by atoms with Crippen LogP contribution in [0, 0.1) is 16.0 Å². The van der Waals surface area contributed by atoms with E-state index in [1.54, 1.807) is 13.2 Å². The Morgan fingerprint density at radius 3 is 2.88 bits per heavy atom. The Hall–Kier alpha value is -2.06. The predicted octanol–water partition coefficient (Wildman–Crippen LogP) is 2.87. The maximum atomic E-state index is 12.4. The van der Waals surface area contributed by atoms with E-state index < -0.39 is 4.92 Å². The number of amides is 1. The van der Waals surface area contributed by atoms with E-state index in [4.69, 9.17) is 4.74 Å². The molecule has 1 aliphatic rings. The molecular weight excluding hydrogens is 330 g/mol. The summed E-state index contributed by atoms with van der Waals surface area (Å²) in [6.07, 6.45) is 3.95. The zero-order chi connectivity index (χ0) is 17.1. The van der Waals surface area contributed by atoms with Gasteiger partial charge in [-0.25, -0.2) is 0 Å². The number of nitrogens with zero attached hydrogens (tertiary/aromatic N) is 3. The molecule has 2 aromatic rings. The summed E-state index contributed by atoms with van der Waals surface area (Å²) in [5, 5.41) is 11.0. The lowest BCUT2D eigenvalue weighted by Gasteiger charge is -2.05. The van der Waals surface area contributed by atoms with E-state index in [9.17, 15) is 14.9 Å². The van der Waals surface area contributed by atoms with E-state index in [1.807, 2.05) is 4.57 Å². The number of fused-ring (bicyclic) bond motifs is 1. The van der Waals surface area contributed by atoms with Crippen LogP contribution in [0.25, 0.3) is 10.2 Å². The van der Waals surface area contributed by atoms with Crippen molar-refractivity contribution in [2.45, 2.75) is 32.2 Å². The number of hydrogen-bond acceptors (Lipinski definition) is 5. The lowest BCUT2D eigenvalue weighted by molar-refractivity contribution is -0.384. The molecule has 1 heterocycles. The maximum absolute atomic E-state index is 12.4. The molecule has 0 aliphatic heterocycles. The quantitative estimate of drug-likeness (QED) is 0.613. The van der Waals surface area contributed by atoms with Gasteiger partial charge in [-0.3, -0.25) is 14.9 Å². The summed E-state index contributed by atoms with van der Waals surface area (Å²) in [4.78, 5) is 27.8. The van der Waals surface area contributed by atoms with Crippen LogP contribution in [0.3, 0.4) is 0 Å². The van der Waals surface area contributed by atoms with Crippen molar-refractivity contribution in [2.75, 3.05) is 13.7 Å². The second-order valence-electron chi connectivity index (χ2n) is 5.87. The van der Waals surface area contributed by atoms with E-state index in [-0.39, 0.29) is 17.5 Å². The summed E-state index contributed by atoms with van der Waals surface area (Å²) in [6.45, 7) is 1.03. The molecule has 0 N–H and O–H groups in total. The molecule has 3 rings (SSSR count). The van der Waals surface area contributed by atoms with Gasteiger partial charge < -0.3 is 9.30 Å². The number of ether oxygens (including phenoxy) is 1. The molecule has 1 saturated carbocycles. The first-order valence-corrected chi connectivity index (χ1v) is 8.77. The largest absolute Gasteiger partial charge is 0.383 e. The first-order chi connectivity index (χ1) is 11.6. The van der Waals surface area contributed by atoms with Gasteiger partial charge >= 0.3 is 0 Å². The number of carbonyl (C=O) groups excluding carboxylic acids is 1. The van der Waals surface area contributed by atoms with Crippen molar-refractivity contribution >= 4 is 33.1 Å². The number of nitro groups is 1. The second kappa shape index (κ2) is 7.23. The average molecular weight is 349 g/mol. The Morgan fingerprint density at radius 1 is 1.46 bits per heavy atom. The van der Waals surface area contributed by atoms with Crippen molar-refractivity contribution < 1.29 is 14.5 Å². The molecule has 0 atom stereocenters. The number of methoxy groups -OCH3 is 1. The molecular formula is C16H19N3O4S. The number of rotatable bonds is 5. The minimum Gasteiger partial charge on any atom is -0.383 e. The molecule has 24 heavy (non-hydrogen) atoms. The second-order valence-corrected chi connectivity index (χ2v) is 6.88. The summed E-state index contributed by atoms with van der Waals surface area (Å²) in [6, 6.07) is 4.71. The summed E-state index contributed by atoms with van der Waals surface area (Å²) < 4.78 is 7.79. The highest BCUT2D eigenvalue weighted by Crippen LogP contribution is 2.26. The highest BCUT2D eigenvalue weighted by molar-refractivity contribution is 7.16. The monoisotopic (exact) mass is 349 g/mol. The smallest absolute Gasteiger partial charge is 0.270 e. The average Bonchev–Trinajstić information content (AvgIpc) is 3.20. The predicted molar refractivity (Wildman–Crippen MR) is 90.9 cm³/mol. The summed E-state index contributed by atoms with van der Waals surface area (Å²) in [5.41, 5.74) is 0.872. The van der Waals surface area contributed by atoms with Gasteiger partial charge in [0.15, 0.2) is 4.80 Å². The van der Waals surface area contributed by atoms with Crippen LogP contribution in [0.2, 0.25) is 0 Å². The number of aromatic nitrogens is 1. The van der Waals surface area contributed by atoms with Crippen molar-refractivity contribution in [3.63, 3.8) is 0 Å². The lowest BCUT2D eigenvalue weighted by atomic mass is 10.1. The molecule has 128 valence electrons. The third-order valence-electron chi connectivity index (χ3n) is 4.31. The van der Waals surface area contributed by atoms with E-state index >= 15 is 0 Å². The van der Waals surface area contributed by atoms with Gasteiger partial charge in [0, 0.05) is 31.7 Å². The maximum Gasteiger partial charge on any atom is 0.270 e. The van der Waals surface area contributed by atoms with Crippen LogP contribution in [0.15, 0.2) is 23.2 Å². The van der Waals surface area contributed by atoms with E-state index in [0.717, 1.165) is 35.9 Å².